The van der Waals surface area contributed by atoms with Crippen LogP contribution in [0.4, 0.5) is 0 Å². The molecule has 1 aromatic carbocycles. The lowest BCUT2D eigenvalue weighted by Gasteiger charge is -2.14. The number of fused-ring (bicyclic) bond motifs is 1. The Labute approximate surface area is 147 Å². The maximum Gasteiger partial charge on any atom is 0.232 e. The monoisotopic (exact) mass is 368 g/mol. The first kappa shape index (κ1) is 15.2. The lowest BCUT2D eigenvalue weighted by molar-refractivity contribution is -0.122. The fraction of sp³-hybridized carbons (Fsp3) is 0.375. The number of thiazole rings is 1. The van der Waals surface area contributed by atoms with Gasteiger partial charge < -0.3 is 10.1 Å². The third-order valence-electron chi connectivity index (χ3n) is 4.23. The summed E-state index contributed by atoms with van der Waals surface area (Å²) < 4.78 is 5.43. The van der Waals surface area contributed by atoms with Crippen LogP contribution in [0.15, 0.2) is 17.6 Å². The van der Waals surface area contributed by atoms with E-state index in [0.717, 1.165) is 28.8 Å². The Kier molecular flexibility index (Phi) is 3.95. The molecule has 1 N–H and O–H groups in total. The number of amides is 1. The minimum atomic E-state index is -0.284. The fourth-order valence-corrected chi connectivity index (χ4v) is 4.27. The number of nitrogens with one attached hydrogen (secondary N) is 1. The highest BCUT2D eigenvalue weighted by atomic mass is 35.5. The molecule has 1 aromatic heterocycles. The van der Waals surface area contributed by atoms with Gasteiger partial charge in [-0.1, -0.05) is 23.2 Å². The van der Waals surface area contributed by atoms with Gasteiger partial charge in [0.15, 0.2) is 0 Å². The SMILES string of the molecule is O=C(NCc1c(Cl)cc(Cl)cc1C1CC1)C1COc2ncsc21. The van der Waals surface area contributed by atoms with Crippen LogP contribution in [0.25, 0.3) is 0 Å². The number of hydrogen-bond acceptors (Lipinski definition) is 4. The Bertz CT molecular complexity index is 773. The predicted octanol–water partition coefficient (Wildman–Crippen LogP) is 4.12. The third kappa shape index (κ3) is 2.93. The van der Waals surface area contributed by atoms with E-state index in [1.807, 2.05) is 6.07 Å². The average molecular weight is 369 g/mol. The highest BCUT2D eigenvalue weighted by molar-refractivity contribution is 7.10. The maximum atomic E-state index is 12.5. The van der Waals surface area contributed by atoms with Crippen molar-refractivity contribution in [2.24, 2.45) is 0 Å². The molecule has 0 radical (unpaired) electrons. The topological polar surface area (TPSA) is 51.2 Å². The minimum absolute atomic E-state index is 0.0548. The van der Waals surface area contributed by atoms with E-state index in [0.29, 0.717) is 35.0 Å². The number of halogens is 2. The van der Waals surface area contributed by atoms with E-state index in [1.54, 1.807) is 11.6 Å². The predicted molar refractivity (Wildman–Crippen MR) is 90.6 cm³/mol. The van der Waals surface area contributed by atoms with Gasteiger partial charge in [0.05, 0.1) is 10.4 Å². The summed E-state index contributed by atoms with van der Waals surface area (Å²) in [6.07, 6.45) is 2.30. The summed E-state index contributed by atoms with van der Waals surface area (Å²) in [5, 5.41) is 4.24. The van der Waals surface area contributed by atoms with Gasteiger partial charge >= 0.3 is 0 Å². The van der Waals surface area contributed by atoms with Crippen molar-refractivity contribution in [1.29, 1.82) is 0 Å². The number of hydrogen-bond donors (Lipinski definition) is 1. The van der Waals surface area contributed by atoms with Crippen molar-refractivity contribution in [1.82, 2.24) is 10.3 Å². The number of ether oxygens (including phenoxy) is 1. The highest BCUT2D eigenvalue weighted by Crippen LogP contribution is 2.44. The largest absolute Gasteiger partial charge is 0.476 e. The quantitative estimate of drug-likeness (QED) is 0.882. The number of carbonyl (C=O) groups is 1. The van der Waals surface area contributed by atoms with E-state index in [2.05, 4.69) is 10.3 Å². The summed E-state index contributed by atoms with van der Waals surface area (Å²) in [5.41, 5.74) is 3.82. The zero-order chi connectivity index (χ0) is 16.0. The molecule has 1 atom stereocenters. The van der Waals surface area contributed by atoms with Gasteiger partial charge in [0.25, 0.3) is 0 Å². The van der Waals surface area contributed by atoms with Gasteiger partial charge in [-0.15, -0.1) is 11.3 Å². The molecule has 1 aliphatic heterocycles. The molecule has 23 heavy (non-hydrogen) atoms. The van der Waals surface area contributed by atoms with Crippen LogP contribution in [0.2, 0.25) is 10.0 Å². The molecule has 7 heteroatoms. The molecule has 4 nitrogen and oxygen atoms in total. The average Bonchev–Trinajstić information content (AvgIpc) is 3.11. The summed E-state index contributed by atoms with van der Waals surface area (Å²) in [6, 6.07) is 3.70. The van der Waals surface area contributed by atoms with Gasteiger partial charge in [0, 0.05) is 16.6 Å². The van der Waals surface area contributed by atoms with Crippen LogP contribution >= 0.6 is 34.5 Å². The molecular weight excluding hydrogens is 355 g/mol. The molecule has 4 rings (SSSR count). The molecule has 120 valence electrons. The van der Waals surface area contributed by atoms with Crippen LogP contribution in [0.5, 0.6) is 5.88 Å². The van der Waals surface area contributed by atoms with Gasteiger partial charge in [0.1, 0.15) is 12.5 Å². The van der Waals surface area contributed by atoms with Crippen molar-refractivity contribution in [3.63, 3.8) is 0 Å². The lowest BCUT2D eigenvalue weighted by atomic mass is 10.0. The second kappa shape index (κ2) is 5.96. The third-order valence-corrected chi connectivity index (χ3v) is 5.71. The van der Waals surface area contributed by atoms with Crippen LogP contribution in [0, 0.1) is 0 Å². The van der Waals surface area contributed by atoms with Gasteiger partial charge in [-0.25, -0.2) is 4.98 Å². The van der Waals surface area contributed by atoms with Crippen LogP contribution in [-0.2, 0) is 11.3 Å². The molecule has 0 spiro atoms. The van der Waals surface area contributed by atoms with Crippen molar-refractivity contribution in [3.05, 3.63) is 43.7 Å². The summed E-state index contributed by atoms with van der Waals surface area (Å²) in [4.78, 5) is 17.5. The Morgan fingerprint density at radius 1 is 1.39 bits per heavy atom. The van der Waals surface area contributed by atoms with Gasteiger partial charge in [-0.05, 0) is 42.0 Å². The van der Waals surface area contributed by atoms with Crippen molar-refractivity contribution >= 4 is 40.4 Å². The summed E-state index contributed by atoms with van der Waals surface area (Å²) in [6.45, 7) is 0.760. The first-order chi connectivity index (χ1) is 11.1. The van der Waals surface area contributed by atoms with Crippen LogP contribution in [0.1, 0.15) is 40.7 Å². The van der Waals surface area contributed by atoms with E-state index < -0.39 is 0 Å². The van der Waals surface area contributed by atoms with E-state index in [9.17, 15) is 4.79 Å². The van der Waals surface area contributed by atoms with Crippen molar-refractivity contribution in [3.8, 4) is 5.88 Å². The first-order valence-corrected chi connectivity index (χ1v) is 9.08. The summed E-state index contributed by atoms with van der Waals surface area (Å²) in [5.74, 6) is 0.757. The van der Waals surface area contributed by atoms with E-state index in [-0.39, 0.29) is 11.8 Å². The number of benzene rings is 1. The van der Waals surface area contributed by atoms with Crippen molar-refractivity contribution in [2.45, 2.75) is 31.2 Å². The Hall–Kier alpha value is -1.30. The second-order valence-corrected chi connectivity index (χ2v) is 7.56. The van der Waals surface area contributed by atoms with Gasteiger partial charge in [0.2, 0.25) is 11.8 Å². The molecule has 2 aromatic rings. The molecule has 2 aliphatic rings. The number of rotatable bonds is 4. The number of nitrogens with zero attached hydrogens (tertiary/aromatic N) is 1. The number of carbonyl (C=O) groups excluding carboxylic acids is 1. The minimum Gasteiger partial charge on any atom is -0.476 e. The lowest BCUT2D eigenvalue weighted by Crippen LogP contribution is -2.30. The van der Waals surface area contributed by atoms with Crippen LogP contribution < -0.4 is 10.1 Å². The molecule has 1 unspecified atom stereocenters. The smallest absolute Gasteiger partial charge is 0.232 e. The first-order valence-electron chi connectivity index (χ1n) is 7.45. The van der Waals surface area contributed by atoms with E-state index >= 15 is 0 Å². The van der Waals surface area contributed by atoms with E-state index in [1.165, 1.54) is 11.3 Å². The number of aromatic nitrogens is 1. The molecule has 1 saturated carbocycles. The van der Waals surface area contributed by atoms with Crippen LogP contribution in [0.3, 0.4) is 0 Å². The zero-order valence-electron chi connectivity index (χ0n) is 12.1. The van der Waals surface area contributed by atoms with Crippen molar-refractivity contribution in [2.75, 3.05) is 6.61 Å². The molecular formula is C16H14Cl2N2O2S. The highest BCUT2D eigenvalue weighted by Gasteiger charge is 2.33. The summed E-state index contributed by atoms with van der Waals surface area (Å²) in [7, 11) is 0. The normalized spacial score (nSPS) is 19.3. The Morgan fingerprint density at radius 2 is 2.22 bits per heavy atom. The Morgan fingerprint density at radius 3 is 3.00 bits per heavy atom. The Balaban J connectivity index is 1.50. The van der Waals surface area contributed by atoms with E-state index in [4.69, 9.17) is 27.9 Å². The maximum absolute atomic E-state index is 12.5. The second-order valence-electron chi connectivity index (χ2n) is 5.83. The molecule has 2 heterocycles. The standard InChI is InChI=1S/C16H14Cl2N2O2S/c17-9-3-10(8-1-2-8)11(13(18)4-9)5-19-15(21)12-6-22-16-14(12)23-7-20-16/h3-4,7-8,12H,1-2,5-6H2,(H,19,21). The fourth-order valence-electron chi connectivity index (χ4n) is 2.88. The summed E-state index contributed by atoms with van der Waals surface area (Å²) >= 11 is 13.9. The molecule has 0 bridgehead atoms. The molecule has 1 fully saturated rings. The molecule has 1 aliphatic carbocycles. The van der Waals surface area contributed by atoms with Gasteiger partial charge in [-0.2, -0.15) is 0 Å². The van der Waals surface area contributed by atoms with Gasteiger partial charge in [-0.3, -0.25) is 4.79 Å². The molecule has 1 amide bonds. The van der Waals surface area contributed by atoms with Crippen LogP contribution in [-0.4, -0.2) is 17.5 Å². The molecule has 0 saturated heterocycles. The van der Waals surface area contributed by atoms with Crippen molar-refractivity contribution < 1.29 is 9.53 Å². The zero-order valence-corrected chi connectivity index (χ0v) is 14.5.